The summed E-state index contributed by atoms with van der Waals surface area (Å²) in [5.41, 5.74) is 0. The van der Waals surface area contributed by atoms with Gasteiger partial charge in [0.2, 0.25) is 5.89 Å². The first-order valence-electron chi connectivity index (χ1n) is 6.22. The molecule has 1 atom stereocenters. The Balaban J connectivity index is 1.82. The van der Waals surface area contributed by atoms with E-state index in [4.69, 9.17) is 9.63 Å². The predicted molar refractivity (Wildman–Crippen MR) is 71.6 cm³/mol. The van der Waals surface area contributed by atoms with E-state index in [9.17, 15) is 9.59 Å². The van der Waals surface area contributed by atoms with Crippen molar-refractivity contribution >= 4 is 23.8 Å². The predicted octanol–water partition coefficient (Wildman–Crippen LogP) is 0.132. The number of carbonyl (C=O) groups excluding carboxylic acids is 1. The lowest BCUT2D eigenvalue weighted by molar-refractivity contribution is -0.141. The summed E-state index contributed by atoms with van der Waals surface area (Å²) in [7, 11) is 0. The van der Waals surface area contributed by atoms with Crippen LogP contribution in [0, 0.1) is 6.92 Å². The third kappa shape index (κ3) is 3.62. The normalized spacial score (nSPS) is 18.9. The quantitative estimate of drug-likeness (QED) is 0.813. The second kappa shape index (κ2) is 6.60. The van der Waals surface area contributed by atoms with Gasteiger partial charge in [0.15, 0.2) is 5.82 Å². The van der Waals surface area contributed by atoms with Gasteiger partial charge in [-0.15, -0.1) is 0 Å². The number of hydrogen-bond donors (Lipinski definition) is 2. The van der Waals surface area contributed by atoms with Crippen molar-refractivity contribution in [1.29, 1.82) is 0 Å². The standard InChI is InChI=1S/C11H16N4O4S/c1-7-13-9(14-19-7)2-3-12-11(18)15-4-5-20-6-8(15)10(16)17/h8H,2-6H2,1H3,(H,12,18)(H,16,17). The van der Waals surface area contributed by atoms with Gasteiger partial charge in [0.1, 0.15) is 6.04 Å². The van der Waals surface area contributed by atoms with Crippen LogP contribution in [0.2, 0.25) is 0 Å². The van der Waals surface area contributed by atoms with E-state index in [2.05, 4.69) is 15.5 Å². The number of carbonyl (C=O) groups is 2. The molecule has 0 radical (unpaired) electrons. The van der Waals surface area contributed by atoms with Crippen LogP contribution in [0.15, 0.2) is 4.52 Å². The number of amides is 2. The summed E-state index contributed by atoms with van der Waals surface area (Å²) >= 11 is 1.54. The summed E-state index contributed by atoms with van der Waals surface area (Å²) in [6.45, 7) is 2.47. The summed E-state index contributed by atoms with van der Waals surface area (Å²) in [5.74, 6) is 1.20. The Labute approximate surface area is 119 Å². The number of aromatic nitrogens is 2. The van der Waals surface area contributed by atoms with Crippen LogP contribution >= 0.6 is 11.8 Å². The molecule has 2 N–H and O–H groups in total. The fourth-order valence-corrected chi connectivity index (χ4v) is 2.92. The molecule has 2 rings (SSSR count). The summed E-state index contributed by atoms with van der Waals surface area (Å²) in [4.78, 5) is 28.5. The van der Waals surface area contributed by atoms with Crippen LogP contribution in [0.3, 0.4) is 0 Å². The molecule has 0 saturated carbocycles. The Hall–Kier alpha value is -1.77. The van der Waals surface area contributed by atoms with Crippen molar-refractivity contribution in [1.82, 2.24) is 20.4 Å². The van der Waals surface area contributed by atoms with E-state index in [-0.39, 0.29) is 6.03 Å². The minimum Gasteiger partial charge on any atom is -0.480 e. The fourth-order valence-electron chi connectivity index (χ4n) is 1.88. The zero-order valence-corrected chi connectivity index (χ0v) is 11.9. The molecule has 1 aromatic rings. The van der Waals surface area contributed by atoms with Gasteiger partial charge in [-0.1, -0.05) is 5.16 Å². The number of nitrogens with zero attached hydrogens (tertiary/aromatic N) is 3. The number of carboxylic acid groups (broad SMARTS) is 1. The lowest BCUT2D eigenvalue weighted by atomic mass is 10.3. The highest BCUT2D eigenvalue weighted by Gasteiger charge is 2.32. The molecule has 0 spiro atoms. The molecule has 9 heteroatoms. The molecule has 1 aromatic heterocycles. The highest BCUT2D eigenvalue weighted by molar-refractivity contribution is 7.99. The number of rotatable bonds is 4. The maximum atomic E-state index is 12.0. The van der Waals surface area contributed by atoms with Gasteiger partial charge >= 0.3 is 12.0 Å². The van der Waals surface area contributed by atoms with Crippen LogP contribution in [0.25, 0.3) is 0 Å². The molecule has 1 aliphatic heterocycles. The maximum Gasteiger partial charge on any atom is 0.327 e. The first-order chi connectivity index (χ1) is 9.58. The molecular weight excluding hydrogens is 284 g/mol. The van der Waals surface area contributed by atoms with Crippen molar-refractivity contribution in [3.05, 3.63) is 11.7 Å². The van der Waals surface area contributed by atoms with Crippen molar-refractivity contribution < 1.29 is 19.2 Å². The fraction of sp³-hybridized carbons (Fsp3) is 0.636. The first-order valence-corrected chi connectivity index (χ1v) is 7.37. The van der Waals surface area contributed by atoms with Crippen molar-refractivity contribution in [2.75, 3.05) is 24.6 Å². The molecule has 1 unspecified atom stereocenters. The highest BCUT2D eigenvalue weighted by atomic mass is 32.2. The number of carboxylic acids is 1. The van der Waals surface area contributed by atoms with Crippen LogP contribution in [0.1, 0.15) is 11.7 Å². The molecule has 0 bridgehead atoms. The van der Waals surface area contributed by atoms with Gasteiger partial charge < -0.3 is 19.8 Å². The Kier molecular flexibility index (Phi) is 4.83. The van der Waals surface area contributed by atoms with Crippen LogP contribution in [0.4, 0.5) is 4.79 Å². The van der Waals surface area contributed by atoms with Gasteiger partial charge in [0.25, 0.3) is 0 Å². The molecule has 1 saturated heterocycles. The first kappa shape index (κ1) is 14.6. The van der Waals surface area contributed by atoms with Crippen LogP contribution in [-0.4, -0.2) is 62.8 Å². The average molecular weight is 300 g/mol. The monoisotopic (exact) mass is 300 g/mol. The zero-order valence-electron chi connectivity index (χ0n) is 11.0. The van der Waals surface area contributed by atoms with Crippen molar-refractivity contribution in [2.24, 2.45) is 0 Å². The number of hydrogen-bond acceptors (Lipinski definition) is 6. The summed E-state index contributed by atoms with van der Waals surface area (Å²) in [5, 5.41) is 15.5. The van der Waals surface area contributed by atoms with E-state index in [0.717, 1.165) is 5.75 Å². The van der Waals surface area contributed by atoms with Crippen molar-refractivity contribution in [3.8, 4) is 0 Å². The van der Waals surface area contributed by atoms with E-state index in [1.807, 2.05) is 0 Å². The molecule has 0 aliphatic carbocycles. The topological polar surface area (TPSA) is 109 Å². The Morgan fingerprint density at radius 2 is 2.40 bits per heavy atom. The molecule has 2 heterocycles. The lowest BCUT2D eigenvalue weighted by Crippen LogP contribution is -2.54. The van der Waals surface area contributed by atoms with Crippen LogP contribution < -0.4 is 5.32 Å². The number of urea groups is 1. The van der Waals surface area contributed by atoms with Gasteiger partial charge in [0, 0.05) is 37.9 Å². The van der Waals surface area contributed by atoms with Crippen LogP contribution in [-0.2, 0) is 11.2 Å². The molecule has 110 valence electrons. The minimum atomic E-state index is -0.971. The molecule has 0 aromatic carbocycles. The summed E-state index contributed by atoms with van der Waals surface area (Å²) in [6, 6.07) is -1.13. The second-order valence-electron chi connectivity index (χ2n) is 4.33. The number of nitrogens with one attached hydrogen (secondary N) is 1. The summed E-state index contributed by atoms with van der Waals surface area (Å²) in [6.07, 6.45) is 0.448. The maximum absolute atomic E-state index is 12.0. The SMILES string of the molecule is Cc1nc(CCNC(=O)N2CCSCC2C(=O)O)no1. The lowest BCUT2D eigenvalue weighted by Gasteiger charge is -2.32. The van der Waals surface area contributed by atoms with E-state index < -0.39 is 12.0 Å². The van der Waals surface area contributed by atoms with E-state index in [1.165, 1.54) is 4.90 Å². The Bertz CT molecular complexity index is 493. The highest BCUT2D eigenvalue weighted by Crippen LogP contribution is 2.16. The zero-order chi connectivity index (χ0) is 14.5. The Morgan fingerprint density at radius 1 is 1.60 bits per heavy atom. The third-order valence-electron chi connectivity index (χ3n) is 2.87. The molecule has 20 heavy (non-hydrogen) atoms. The minimum absolute atomic E-state index is 0.341. The Morgan fingerprint density at radius 3 is 3.05 bits per heavy atom. The van der Waals surface area contributed by atoms with Crippen molar-refractivity contribution in [2.45, 2.75) is 19.4 Å². The molecule has 2 amide bonds. The largest absolute Gasteiger partial charge is 0.480 e. The number of aliphatic carboxylic acids is 1. The van der Waals surface area contributed by atoms with E-state index >= 15 is 0 Å². The van der Waals surface area contributed by atoms with Gasteiger partial charge in [-0.05, 0) is 0 Å². The second-order valence-corrected chi connectivity index (χ2v) is 5.48. The number of aryl methyl sites for hydroxylation is 1. The van der Waals surface area contributed by atoms with Gasteiger partial charge in [-0.3, -0.25) is 0 Å². The van der Waals surface area contributed by atoms with Crippen molar-refractivity contribution in [3.63, 3.8) is 0 Å². The molecule has 1 aliphatic rings. The average Bonchev–Trinajstić information content (AvgIpc) is 2.84. The van der Waals surface area contributed by atoms with E-state index in [1.54, 1.807) is 18.7 Å². The molecule has 1 fully saturated rings. The summed E-state index contributed by atoms with van der Waals surface area (Å²) < 4.78 is 4.82. The van der Waals surface area contributed by atoms with E-state index in [0.29, 0.717) is 37.0 Å². The van der Waals surface area contributed by atoms with Gasteiger partial charge in [0.05, 0.1) is 0 Å². The van der Waals surface area contributed by atoms with Crippen LogP contribution in [0.5, 0.6) is 0 Å². The molecule has 8 nitrogen and oxygen atoms in total. The third-order valence-corrected chi connectivity index (χ3v) is 3.89. The number of thioether (sulfide) groups is 1. The smallest absolute Gasteiger partial charge is 0.327 e. The molecular formula is C11H16N4O4S. The van der Waals surface area contributed by atoms with Gasteiger partial charge in [-0.25, -0.2) is 9.59 Å². The van der Waals surface area contributed by atoms with Gasteiger partial charge in [-0.2, -0.15) is 16.7 Å².